The van der Waals surface area contributed by atoms with Crippen molar-refractivity contribution < 1.29 is 18.0 Å². The molecule has 0 radical (unpaired) electrons. The lowest BCUT2D eigenvalue weighted by atomic mass is 10.2. The van der Waals surface area contributed by atoms with E-state index in [1.54, 1.807) is 19.2 Å². The number of nitrogens with zero attached hydrogens (tertiary/aromatic N) is 3. The van der Waals surface area contributed by atoms with Crippen molar-refractivity contribution in [1.29, 1.82) is 5.26 Å². The van der Waals surface area contributed by atoms with Gasteiger partial charge in [-0.2, -0.15) is 18.4 Å². The molecule has 2 rings (SSSR count). The van der Waals surface area contributed by atoms with Crippen molar-refractivity contribution >= 4 is 39.8 Å². The molecule has 0 spiro atoms. The summed E-state index contributed by atoms with van der Waals surface area (Å²) in [5.41, 5.74) is -0.276. The van der Waals surface area contributed by atoms with Crippen LogP contribution in [0.25, 0.3) is 10.4 Å². The fourth-order valence-corrected chi connectivity index (χ4v) is 3.64. The van der Waals surface area contributed by atoms with Crippen molar-refractivity contribution in [2.75, 3.05) is 13.6 Å². The molecule has 4 nitrogen and oxygen atoms in total. The van der Waals surface area contributed by atoms with Crippen LogP contribution in [0.5, 0.6) is 0 Å². The van der Waals surface area contributed by atoms with Crippen LogP contribution >= 0.6 is 33.9 Å². The van der Waals surface area contributed by atoms with Crippen LogP contribution in [0.1, 0.15) is 21.8 Å². The number of hydrogen-bond donors (Lipinski definition) is 0. The maximum absolute atomic E-state index is 13.0. The SMILES string of the molecule is CN(CCC#N)C(=O)c1ccc(-c2cc(C(F)(F)F)n(CI)c2)s1. The number of halogens is 4. The number of hydrogen-bond acceptors (Lipinski definition) is 3. The van der Waals surface area contributed by atoms with Gasteiger partial charge in [0.05, 0.1) is 21.9 Å². The van der Waals surface area contributed by atoms with Gasteiger partial charge in [0.2, 0.25) is 0 Å². The molecular weight excluding hydrogens is 454 g/mol. The van der Waals surface area contributed by atoms with Crippen LogP contribution in [0, 0.1) is 11.3 Å². The first-order chi connectivity index (χ1) is 11.3. The number of rotatable bonds is 5. The van der Waals surface area contributed by atoms with E-state index in [2.05, 4.69) is 0 Å². The van der Waals surface area contributed by atoms with Crippen molar-refractivity contribution in [2.24, 2.45) is 0 Å². The molecule has 0 aliphatic heterocycles. The minimum atomic E-state index is -4.42. The molecule has 128 valence electrons. The van der Waals surface area contributed by atoms with E-state index in [-0.39, 0.29) is 16.9 Å². The first-order valence-electron chi connectivity index (χ1n) is 6.84. The van der Waals surface area contributed by atoms with Gasteiger partial charge in [0.15, 0.2) is 0 Å². The molecule has 24 heavy (non-hydrogen) atoms. The van der Waals surface area contributed by atoms with Crippen molar-refractivity contribution in [1.82, 2.24) is 9.47 Å². The Bertz CT molecular complexity index is 776. The summed E-state index contributed by atoms with van der Waals surface area (Å²) in [6.07, 6.45) is -2.75. The monoisotopic (exact) mass is 467 g/mol. The number of nitriles is 1. The Morgan fingerprint density at radius 3 is 2.71 bits per heavy atom. The van der Waals surface area contributed by atoms with E-state index < -0.39 is 11.9 Å². The van der Waals surface area contributed by atoms with E-state index in [9.17, 15) is 18.0 Å². The number of thiophene rings is 1. The molecule has 0 aromatic carbocycles. The molecule has 0 saturated heterocycles. The predicted octanol–water partition coefficient (Wildman–Crippen LogP) is 4.61. The lowest BCUT2D eigenvalue weighted by Gasteiger charge is -2.13. The largest absolute Gasteiger partial charge is 0.431 e. The molecule has 2 aromatic rings. The van der Waals surface area contributed by atoms with Gasteiger partial charge in [-0.25, -0.2) is 0 Å². The zero-order valence-electron chi connectivity index (χ0n) is 12.6. The van der Waals surface area contributed by atoms with Crippen molar-refractivity contribution in [3.05, 3.63) is 35.0 Å². The first-order valence-corrected chi connectivity index (χ1v) is 9.18. The molecule has 0 N–H and O–H groups in total. The van der Waals surface area contributed by atoms with Gasteiger partial charge in [-0.1, -0.05) is 22.6 Å². The Labute approximate surface area is 154 Å². The maximum atomic E-state index is 13.0. The quantitative estimate of drug-likeness (QED) is 0.477. The molecule has 0 saturated carbocycles. The molecule has 0 bridgehead atoms. The first kappa shape index (κ1) is 18.8. The molecule has 0 atom stereocenters. The summed E-state index contributed by atoms with van der Waals surface area (Å²) >= 11 is 3.01. The van der Waals surface area contributed by atoms with Gasteiger partial charge in [0.25, 0.3) is 5.91 Å². The molecule has 9 heteroatoms. The molecule has 2 aromatic heterocycles. The van der Waals surface area contributed by atoms with Crippen LogP contribution in [-0.4, -0.2) is 29.0 Å². The summed E-state index contributed by atoms with van der Waals surface area (Å²) in [7, 11) is 1.59. The summed E-state index contributed by atoms with van der Waals surface area (Å²) in [5.74, 6) is -0.245. The molecule has 0 aliphatic carbocycles. The van der Waals surface area contributed by atoms with Gasteiger partial charge in [0.1, 0.15) is 5.69 Å². The van der Waals surface area contributed by atoms with Gasteiger partial charge >= 0.3 is 6.18 Å². The van der Waals surface area contributed by atoms with E-state index >= 15 is 0 Å². The number of carbonyl (C=O) groups excluding carboxylic acids is 1. The summed E-state index contributed by atoms with van der Waals surface area (Å²) in [4.78, 5) is 14.7. The summed E-state index contributed by atoms with van der Waals surface area (Å²) in [5, 5.41) is 8.56. The van der Waals surface area contributed by atoms with Crippen LogP contribution in [0.2, 0.25) is 0 Å². The molecule has 1 amide bonds. The lowest BCUT2D eigenvalue weighted by molar-refractivity contribution is -0.143. The second-order valence-electron chi connectivity index (χ2n) is 5.00. The fourth-order valence-electron chi connectivity index (χ4n) is 2.10. The maximum Gasteiger partial charge on any atom is 0.431 e. The normalized spacial score (nSPS) is 11.3. The highest BCUT2D eigenvalue weighted by atomic mass is 127. The minimum Gasteiger partial charge on any atom is -0.340 e. The third-order valence-electron chi connectivity index (χ3n) is 3.32. The fraction of sp³-hybridized carbons (Fsp3) is 0.333. The molecule has 0 aliphatic rings. The highest BCUT2D eigenvalue weighted by Crippen LogP contribution is 2.36. The summed E-state index contributed by atoms with van der Waals surface area (Å²) in [6.45, 7) is 0.312. The van der Waals surface area contributed by atoms with Gasteiger partial charge in [-0.3, -0.25) is 4.79 Å². The smallest absolute Gasteiger partial charge is 0.340 e. The Hall–Kier alpha value is -1.54. The van der Waals surface area contributed by atoms with Crippen molar-refractivity contribution in [3.63, 3.8) is 0 Å². The van der Waals surface area contributed by atoms with E-state index in [4.69, 9.17) is 5.26 Å². The van der Waals surface area contributed by atoms with Crippen LogP contribution in [-0.2, 0) is 10.7 Å². The molecule has 0 unspecified atom stereocenters. The highest BCUT2D eigenvalue weighted by Gasteiger charge is 2.35. The standard InChI is InChI=1S/C15H13F3IN3OS/c1-21(6-2-5-20)14(23)12-4-3-11(24-12)10-7-13(15(16,17)18)22(8-10)9-19/h3-4,7-8H,2,6,9H2,1H3. The Kier molecular flexibility index (Phi) is 5.92. The Morgan fingerprint density at radius 2 is 2.17 bits per heavy atom. The number of amides is 1. The third-order valence-corrected chi connectivity index (χ3v) is 5.18. The van der Waals surface area contributed by atoms with Gasteiger partial charge < -0.3 is 9.47 Å². The van der Waals surface area contributed by atoms with Crippen LogP contribution in [0.4, 0.5) is 13.2 Å². The highest BCUT2D eigenvalue weighted by molar-refractivity contribution is 14.1. The summed E-state index contributed by atoms with van der Waals surface area (Å²) < 4.78 is 40.4. The van der Waals surface area contributed by atoms with Crippen LogP contribution in [0.3, 0.4) is 0 Å². The van der Waals surface area contributed by atoms with E-state index in [0.717, 1.165) is 22.0 Å². The average molecular weight is 467 g/mol. The minimum absolute atomic E-state index is 0.181. The van der Waals surface area contributed by atoms with E-state index in [1.807, 2.05) is 28.7 Å². The molecule has 2 heterocycles. The van der Waals surface area contributed by atoms with E-state index in [1.165, 1.54) is 11.1 Å². The van der Waals surface area contributed by atoms with Crippen LogP contribution < -0.4 is 0 Å². The second-order valence-corrected chi connectivity index (χ2v) is 6.77. The van der Waals surface area contributed by atoms with Crippen molar-refractivity contribution in [2.45, 2.75) is 17.1 Å². The predicted molar refractivity (Wildman–Crippen MR) is 94.0 cm³/mol. The molecule has 0 fully saturated rings. The zero-order valence-corrected chi connectivity index (χ0v) is 15.6. The summed E-state index contributed by atoms with van der Waals surface area (Å²) in [6, 6.07) is 6.30. The number of alkyl halides is 4. The van der Waals surface area contributed by atoms with E-state index in [0.29, 0.717) is 21.9 Å². The Balaban J connectivity index is 2.27. The average Bonchev–Trinajstić information content (AvgIpc) is 3.17. The van der Waals surface area contributed by atoms with Crippen molar-refractivity contribution in [3.8, 4) is 16.5 Å². The van der Waals surface area contributed by atoms with Gasteiger partial charge in [-0.05, 0) is 18.2 Å². The number of aromatic nitrogens is 1. The second kappa shape index (κ2) is 7.57. The lowest BCUT2D eigenvalue weighted by Crippen LogP contribution is -2.26. The third kappa shape index (κ3) is 4.10. The zero-order chi connectivity index (χ0) is 17.9. The molecular formula is C15H13F3IN3OS. The number of carbonyl (C=O) groups is 1. The topological polar surface area (TPSA) is 49.0 Å². The van der Waals surface area contributed by atoms with Crippen LogP contribution in [0.15, 0.2) is 24.4 Å². The van der Waals surface area contributed by atoms with Gasteiger partial charge in [0, 0.05) is 30.2 Å². The van der Waals surface area contributed by atoms with Gasteiger partial charge in [-0.15, -0.1) is 11.3 Å². The Morgan fingerprint density at radius 1 is 1.46 bits per heavy atom.